The molecule has 0 atom stereocenters. The fourth-order valence-corrected chi connectivity index (χ4v) is 3.02. The summed E-state index contributed by atoms with van der Waals surface area (Å²) in [6, 6.07) is 9.12. The van der Waals surface area contributed by atoms with Crippen molar-refractivity contribution in [1.29, 1.82) is 0 Å². The minimum atomic E-state index is 0.416. The van der Waals surface area contributed by atoms with Crippen LogP contribution in [0.15, 0.2) is 28.7 Å². The first-order chi connectivity index (χ1) is 7.35. The first kappa shape index (κ1) is 12.1. The van der Waals surface area contributed by atoms with Crippen LogP contribution in [0.4, 0.5) is 0 Å². The summed E-state index contributed by atoms with van der Waals surface area (Å²) in [6.45, 7) is 10.3. The van der Waals surface area contributed by atoms with Crippen LogP contribution in [0.2, 0.25) is 0 Å². The molecular formula is C14H20BrN. The molecule has 1 aliphatic carbocycles. The van der Waals surface area contributed by atoms with E-state index in [0.717, 1.165) is 11.0 Å². The second-order valence-electron chi connectivity index (χ2n) is 5.89. The molecule has 1 aliphatic rings. The SMILES string of the molecule is CC1(C)C(NCc2cccc(Br)c2)C1(C)C. The third kappa shape index (κ3) is 1.93. The van der Waals surface area contributed by atoms with Crippen molar-refractivity contribution in [2.24, 2.45) is 10.8 Å². The van der Waals surface area contributed by atoms with Crippen molar-refractivity contribution in [3.8, 4) is 0 Å². The van der Waals surface area contributed by atoms with Crippen LogP contribution in [0.3, 0.4) is 0 Å². The summed E-state index contributed by atoms with van der Waals surface area (Å²) in [5.41, 5.74) is 2.17. The average Bonchev–Trinajstić information content (AvgIpc) is 2.55. The molecule has 0 unspecified atom stereocenters. The van der Waals surface area contributed by atoms with Crippen LogP contribution in [-0.4, -0.2) is 6.04 Å². The normalized spacial score (nSPS) is 22.1. The van der Waals surface area contributed by atoms with Gasteiger partial charge in [-0.05, 0) is 28.5 Å². The number of nitrogens with one attached hydrogen (secondary N) is 1. The summed E-state index contributed by atoms with van der Waals surface area (Å²) in [6.07, 6.45) is 0. The van der Waals surface area contributed by atoms with E-state index < -0.39 is 0 Å². The minimum Gasteiger partial charge on any atom is -0.309 e. The Balaban J connectivity index is 1.95. The summed E-state index contributed by atoms with van der Waals surface area (Å²) in [7, 11) is 0. The van der Waals surface area contributed by atoms with Gasteiger partial charge in [-0.3, -0.25) is 0 Å². The maximum atomic E-state index is 3.66. The van der Waals surface area contributed by atoms with Crippen molar-refractivity contribution in [3.63, 3.8) is 0 Å². The zero-order valence-electron chi connectivity index (χ0n) is 10.5. The summed E-state index contributed by atoms with van der Waals surface area (Å²) >= 11 is 3.50. The average molecular weight is 282 g/mol. The van der Waals surface area contributed by atoms with Gasteiger partial charge >= 0.3 is 0 Å². The van der Waals surface area contributed by atoms with E-state index in [1.54, 1.807) is 0 Å². The monoisotopic (exact) mass is 281 g/mol. The fourth-order valence-electron chi connectivity index (χ4n) is 2.57. The second-order valence-corrected chi connectivity index (χ2v) is 6.80. The van der Waals surface area contributed by atoms with Gasteiger partial charge in [-0.1, -0.05) is 55.8 Å². The molecule has 0 radical (unpaired) electrons. The third-order valence-electron chi connectivity index (χ3n) is 4.42. The number of halogens is 1. The topological polar surface area (TPSA) is 12.0 Å². The lowest BCUT2D eigenvalue weighted by molar-refractivity contribution is 0.457. The summed E-state index contributed by atoms with van der Waals surface area (Å²) in [5.74, 6) is 0. The van der Waals surface area contributed by atoms with Crippen LogP contribution < -0.4 is 5.32 Å². The van der Waals surface area contributed by atoms with Gasteiger partial charge in [0.05, 0.1) is 0 Å². The molecule has 2 rings (SSSR count). The van der Waals surface area contributed by atoms with Crippen LogP contribution >= 0.6 is 15.9 Å². The highest BCUT2D eigenvalue weighted by Gasteiger charge is 2.64. The molecule has 0 aliphatic heterocycles. The van der Waals surface area contributed by atoms with Gasteiger partial charge in [0.1, 0.15) is 0 Å². The Morgan fingerprint density at radius 3 is 2.31 bits per heavy atom. The Morgan fingerprint density at radius 1 is 1.19 bits per heavy atom. The van der Waals surface area contributed by atoms with E-state index in [-0.39, 0.29) is 0 Å². The van der Waals surface area contributed by atoms with E-state index in [2.05, 4.69) is 73.2 Å². The van der Waals surface area contributed by atoms with Gasteiger partial charge in [0.25, 0.3) is 0 Å². The number of hydrogen-bond acceptors (Lipinski definition) is 1. The number of rotatable bonds is 3. The van der Waals surface area contributed by atoms with E-state index in [9.17, 15) is 0 Å². The fraction of sp³-hybridized carbons (Fsp3) is 0.571. The standard InChI is InChI=1S/C14H20BrN/c1-13(2)12(14(13,3)4)16-9-10-6-5-7-11(15)8-10/h5-8,12,16H,9H2,1-4H3. The van der Waals surface area contributed by atoms with E-state index >= 15 is 0 Å². The lowest BCUT2D eigenvalue weighted by atomic mass is 10.0. The lowest BCUT2D eigenvalue weighted by Gasteiger charge is -2.06. The van der Waals surface area contributed by atoms with E-state index in [4.69, 9.17) is 0 Å². The predicted molar refractivity (Wildman–Crippen MR) is 72.3 cm³/mol. The highest BCUT2D eigenvalue weighted by molar-refractivity contribution is 9.10. The van der Waals surface area contributed by atoms with Crippen LogP contribution in [0.5, 0.6) is 0 Å². The predicted octanol–water partition coefficient (Wildman–Crippen LogP) is 3.97. The molecule has 0 spiro atoms. The minimum absolute atomic E-state index is 0.416. The van der Waals surface area contributed by atoms with E-state index in [1.807, 2.05) is 0 Å². The van der Waals surface area contributed by atoms with Gasteiger partial charge in [0.15, 0.2) is 0 Å². The molecule has 16 heavy (non-hydrogen) atoms. The molecule has 1 saturated carbocycles. The maximum Gasteiger partial charge on any atom is 0.0208 e. The zero-order chi connectivity index (χ0) is 12.0. The highest BCUT2D eigenvalue weighted by Crippen LogP contribution is 2.62. The molecule has 0 amide bonds. The molecule has 0 aromatic heterocycles. The largest absolute Gasteiger partial charge is 0.309 e. The van der Waals surface area contributed by atoms with Gasteiger partial charge in [-0.15, -0.1) is 0 Å². The molecule has 0 saturated heterocycles. The molecule has 1 aromatic carbocycles. The smallest absolute Gasteiger partial charge is 0.0208 e. The van der Waals surface area contributed by atoms with Gasteiger partial charge in [0.2, 0.25) is 0 Å². The quantitative estimate of drug-likeness (QED) is 0.884. The number of benzene rings is 1. The van der Waals surface area contributed by atoms with Crippen LogP contribution in [0, 0.1) is 10.8 Å². The number of hydrogen-bond donors (Lipinski definition) is 1. The van der Waals surface area contributed by atoms with Gasteiger partial charge in [-0.2, -0.15) is 0 Å². The first-order valence-corrected chi connectivity index (χ1v) is 6.63. The Bertz CT molecular complexity index is 381. The van der Waals surface area contributed by atoms with Crippen LogP contribution in [0.25, 0.3) is 0 Å². The Labute approximate surface area is 107 Å². The molecule has 2 heteroatoms. The van der Waals surface area contributed by atoms with Gasteiger partial charge in [0, 0.05) is 17.1 Å². The summed E-state index contributed by atoms with van der Waals surface area (Å²) in [5, 5.41) is 3.66. The molecule has 1 nitrogen and oxygen atoms in total. The van der Waals surface area contributed by atoms with E-state index in [1.165, 1.54) is 5.56 Å². The van der Waals surface area contributed by atoms with Crippen molar-refractivity contribution in [2.45, 2.75) is 40.3 Å². The Kier molecular flexibility index (Phi) is 2.92. The molecule has 0 heterocycles. The molecule has 1 N–H and O–H groups in total. The highest BCUT2D eigenvalue weighted by atomic mass is 79.9. The third-order valence-corrected chi connectivity index (χ3v) is 4.91. The van der Waals surface area contributed by atoms with Gasteiger partial charge in [-0.25, -0.2) is 0 Å². The molecule has 88 valence electrons. The van der Waals surface area contributed by atoms with Gasteiger partial charge < -0.3 is 5.32 Å². The first-order valence-electron chi connectivity index (χ1n) is 5.83. The Morgan fingerprint density at radius 2 is 1.81 bits per heavy atom. The second kappa shape index (κ2) is 3.85. The van der Waals surface area contributed by atoms with Crippen molar-refractivity contribution in [3.05, 3.63) is 34.3 Å². The maximum absolute atomic E-state index is 3.66. The van der Waals surface area contributed by atoms with Crippen molar-refractivity contribution < 1.29 is 0 Å². The molecular weight excluding hydrogens is 262 g/mol. The van der Waals surface area contributed by atoms with Crippen molar-refractivity contribution in [1.82, 2.24) is 5.32 Å². The zero-order valence-corrected chi connectivity index (χ0v) is 12.1. The van der Waals surface area contributed by atoms with Crippen molar-refractivity contribution in [2.75, 3.05) is 0 Å². The van der Waals surface area contributed by atoms with Crippen LogP contribution in [-0.2, 0) is 6.54 Å². The summed E-state index contributed by atoms with van der Waals surface area (Å²) in [4.78, 5) is 0. The van der Waals surface area contributed by atoms with Crippen molar-refractivity contribution >= 4 is 15.9 Å². The lowest BCUT2D eigenvalue weighted by Crippen LogP contribution is -2.21. The molecule has 1 fully saturated rings. The molecule has 0 bridgehead atoms. The van der Waals surface area contributed by atoms with E-state index in [0.29, 0.717) is 16.9 Å². The van der Waals surface area contributed by atoms with Crippen LogP contribution in [0.1, 0.15) is 33.3 Å². The Hall–Kier alpha value is -0.340. The summed E-state index contributed by atoms with van der Waals surface area (Å²) < 4.78 is 1.15. The molecule has 1 aromatic rings.